The van der Waals surface area contributed by atoms with Gasteiger partial charge in [0.1, 0.15) is 0 Å². The second-order valence-electron chi connectivity index (χ2n) is 6.19. The summed E-state index contributed by atoms with van der Waals surface area (Å²) in [5, 5.41) is 3.07. The number of aryl methyl sites for hydroxylation is 1. The highest BCUT2D eigenvalue weighted by atomic mass is 16.2. The quantitative estimate of drug-likeness (QED) is 0.914. The Morgan fingerprint density at radius 3 is 2.70 bits per heavy atom. The maximum absolute atomic E-state index is 12.7. The van der Waals surface area contributed by atoms with Gasteiger partial charge in [0.2, 0.25) is 0 Å². The van der Waals surface area contributed by atoms with Crippen molar-refractivity contribution in [1.82, 2.24) is 14.8 Å². The van der Waals surface area contributed by atoms with Crippen molar-refractivity contribution in [3.63, 3.8) is 0 Å². The van der Waals surface area contributed by atoms with E-state index in [1.54, 1.807) is 0 Å². The van der Waals surface area contributed by atoms with Crippen LogP contribution in [0.1, 0.15) is 42.8 Å². The first kappa shape index (κ1) is 15.7. The van der Waals surface area contributed by atoms with E-state index in [1.807, 2.05) is 35.2 Å². The second-order valence-corrected chi connectivity index (χ2v) is 6.19. The highest BCUT2D eigenvalue weighted by Crippen LogP contribution is 2.31. The minimum absolute atomic E-state index is 0.0393. The number of benzene rings is 1. The summed E-state index contributed by atoms with van der Waals surface area (Å²) in [7, 11) is 0. The molecule has 0 saturated carbocycles. The van der Waals surface area contributed by atoms with Crippen molar-refractivity contribution >= 4 is 6.03 Å². The molecule has 4 nitrogen and oxygen atoms in total. The molecule has 0 aliphatic carbocycles. The molecule has 23 heavy (non-hydrogen) atoms. The van der Waals surface area contributed by atoms with Crippen molar-refractivity contribution in [2.75, 3.05) is 6.54 Å². The van der Waals surface area contributed by atoms with E-state index in [2.05, 4.69) is 35.9 Å². The topological polar surface area (TPSA) is 37.3 Å². The third kappa shape index (κ3) is 3.26. The van der Waals surface area contributed by atoms with Crippen molar-refractivity contribution in [2.24, 2.45) is 0 Å². The van der Waals surface area contributed by atoms with Gasteiger partial charge < -0.3 is 14.8 Å². The largest absolute Gasteiger partial charge is 0.345 e. The molecule has 1 N–H and O–H groups in total. The molecule has 1 atom stereocenters. The molecule has 1 aromatic carbocycles. The third-order valence-electron chi connectivity index (χ3n) is 4.62. The summed E-state index contributed by atoms with van der Waals surface area (Å²) in [5.41, 5.74) is 3.68. The zero-order chi connectivity index (χ0) is 16.2. The van der Waals surface area contributed by atoms with Crippen molar-refractivity contribution in [3.8, 4) is 0 Å². The van der Waals surface area contributed by atoms with Crippen LogP contribution < -0.4 is 5.32 Å². The zero-order valence-corrected chi connectivity index (χ0v) is 14.0. The fourth-order valence-electron chi connectivity index (χ4n) is 3.40. The standard InChI is InChI=1S/C19H25N3O/c1-3-7-17-18-11-10-15(2)21(18)12-13-22(17)19(23)20-14-16-8-5-4-6-9-16/h4-6,8-11,17H,3,7,12-14H2,1-2H3,(H,20,23)/t17-/m0/s1. The number of hydrogen-bond donors (Lipinski definition) is 1. The molecule has 0 fully saturated rings. The Hall–Kier alpha value is -2.23. The molecule has 2 heterocycles. The average Bonchev–Trinajstić information content (AvgIpc) is 2.96. The Bertz CT molecular complexity index is 663. The summed E-state index contributed by atoms with van der Waals surface area (Å²) in [5.74, 6) is 0. The molecule has 2 amide bonds. The van der Waals surface area contributed by atoms with Crippen LogP contribution in [0.5, 0.6) is 0 Å². The van der Waals surface area contributed by atoms with Crippen LogP contribution in [-0.4, -0.2) is 22.0 Å². The van der Waals surface area contributed by atoms with E-state index >= 15 is 0 Å². The highest BCUT2D eigenvalue weighted by molar-refractivity contribution is 5.75. The lowest BCUT2D eigenvalue weighted by Crippen LogP contribution is -2.46. The van der Waals surface area contributed by atoms with Crippen LogP contribution in [0.3, 0.4) is 0 Å². The van der Waals surface area contributed by atoms with Crippen LogP contribution in [0.25, 0.3) is 0 Å². The number of fused-ring (bicyclic) bond motifs is 1. The zero-order valence-electron chi connectivity index (χ0n) is 14.0. The number of nitrogens with one attached hydrogen (secondary N) is 1. The lowest BCUT2D eigenvalue weighted by Gasteiger charge is -2.37. The van der Waals surface area contributed by atoms with Gasteiger partial charge in [0, 0.05) is 31.0 Å². The Morgan fingerprint density at radius 2 is 1.96 bits per heavy atom. The molecule has 1 aromatic heterocycles. The fourth-order valence-corrected chi connectivity index (χ4v) is 3.40. The van der Waals surface area contributed by atoms with Crippen molar-refractivity contribution < 1.29 is 4.79 Å². The van der Waals surface area contributed by atoms with Gasteiger partial charge in [0.05, 0.1) is 6.04 Å². The fraction of sp³-hybridized carbons (Fsp3) is 0.421. The number of carbonyl (C=O) groups excluding carboxylic acids is 1. The van der Waals surface area contributed by atoms with Gasteiger partial charge in [-0.2, -0.15) is 0 Å². The monoisotopic (exact) mass is 311 g/mol. The van der Waals surface area contributed by atoms with Gasteiger partial charge in [-0.1, -0.05) is 43.7 Å². The molecule has 0 bridgehead atoms. The van der Waals surface area contributed by atoms with E-state index < -0.39 is 0 Å². The minimum atomic E-state index is 0.0393. The van der Waals surface area contributed by atoms with Crippen LogP contribution in [-0.2, 0) is 13.1 Å². The number of aromatic nitrogens is 1. The van der Waals surface area contributed by atoms with E-state index in [1.165, 1.54) is 11.4 Å². The average molecular weight is 311 g/mol. The Balaban J connectivity index is 1.72. The molecule has 1 aliphatic heterocycles. The molecule has 2 aromatic rings. The van der Waals surface area contributed by atoms with Gasteiger partial charge in [-0.15, -0.1) is 0 Å². The van der Waals surface area contributed by atoms with Gasteiger partial charge in [-0.3, -0.25) is 0 Å². The highest BCUT2D eigenvalue weighted by Gasteiger charge is 2.30. The van der Waals surface area contributed by atoms with Gasteiger partial charge in [0.25, 0.3) is 0 Å². The Morgan fingerprint density at radius 1 is 1.17 bits per heavy atom. The first-order valence-electron chi connectivity index (χ1n) is 8.45. The smallest absolute Gasteiger partial charge is 0.318 e. The molecular formula is C19H25N3O. The number of urea groups is 1. The van der Waals surface area contributed by atoms with E-state index in [-0.39, 0.29) is 12.1 Å². The molecule has 0 unspecified atom stereocenters. The Kier molecular flexibility index (Phi) is 4.70. The first-order chi connectivity index (χ1) is 11.2. The lowest BCUT2D eigenvalue weighted by molar-refractivity contribution is 0.150. The SMILES string of the molecule is CCC[C@H]1c2ccc(C)n2CCN1C(=O)NCc1ccccc1. The number of hydrogen-bond acceptors (Lipinski definition) is 1. The van der Waals surface area contributed by atoms with Gasteiger partial charge in [-0.25, -0.2) is 4.79 Å². The van der Waals surface area contributed by atoms with Crippen molar-refractivity contribution in [1.29, 1.82) is 0 Å². The maximum atomic E-state index is 12.7. The van der Waals surface area contributed by atoms with Crippen LogP contribution in [0, 0.1) is 6.92 Å². The van der Waals surface area contributed by atoms with Crippen LogP contribution >= 0.6 is 0 Å². The summed E-state index contributed by atoms with van der Waals surface area (Å²) >= 11 is 0. The third-order valence-corrected chi connectivity index (χ3v) is 4.62. The molecular weight excluding hydrogens is 286 g/mol. The maximum Gasteiger partial charge on any atom is 0.318 e. The van der Waals surface area contributed by atoms with E-state index in [9.17, 15) is 4.79 Å². The van der Waals surface area contributed by atoms with E-state index in [4.69, 9.17) is 0 Å². The predicted octanol–water partition coefficient (Wildman–Crippen LogP) is 3.86. The molecule has 0 spiro atoms. The number of rotatable bonds is 4. The predicted molar refractivity (Wildman–Crippen MR) is 92.2 cm³/mol. The van der Waals surface area contributed by atoms with E-state index in [0.717, 1.165) is 31.5 Å². The van der Waals surface area contributed by atoms with Crippen LogP contribution in [0.4, 0.5) is 4.79 Å². The number of carbonyl (C=O) groups is 1. The Labute approximate surface area is 138 Å². The molecule has 3 rings (SSSR count). The molecule has 122 valence electrons. The lowest BCUT2D eigenvalue weighted by atomic mass is 10.0. The van der Waals surface area contributed by atoms with Crippen molar-refractivity contribution in [2.45, 2.75) is 45.8 Å². The number of amides is 2. The molecule has 0 saturated heterocycles. The van der Waals surface area contributed by atoms with Gasteiger partial charge in [-0.05, 0) is 31.0 Å². The summed E-state index contributed by atoms with van der Waals surface area (Å²) in [6, 6.07) is 14.6. The van der Waals surface area contributed by atoms with Crippen LogP contribution in [0.2, 0.25) is 0 Å². The van der Waals surface area contributed by atoms with Crippen LogP contribution in [0.15, 0.2) is 42.5 Å². The molecule has 0 radical (unpaired) electrons. The van der Waals surface area contributed by atoms with Gasteiger partial charge >= 0.3 is 6.03 Å². The summed E-state index contributed by atoms with van der Waals surface area (Å²) in [4.78, 5) is 14.7. The summed E-state index contributed by atoms with van der Waals surface area (Å²) in [6.45, 7) is 6.54. The molecule has 4 heteroatoms. The molecule has 1 aliphatic rings. The van der Waals surface area contributed by atoms with Gasteiger partial charge in [0.15, 0.2) is 0 Å². The second kappa shape index (κ2) is 6.90. The minimum Gasteiger partial charge on any atom is -0.345 e. The normalized spacial score (nSPS) is 17.0. The van der Waals surface area contributed by atoms with E-state index in [0.29, 0.717) is 6.54 Å². The summed E-state index contributed by atoms with van der Waals surface area (Å²) in [6.07, 6.45) is 2.07. The summed E-state index contributed by atoms with van der Waals surface area (Å²) < 4.78 is 2.35. The number of nitrogens with zero attached hydrogens (tertiary/aromatic N) is 2. The van der Waals surface area contributed by atoms with Crippen molar-refractivity contribution in [3.05, 3.63) is 59.4 Å². The first-order valence-corrected chi connectivity index (χ1v) is 8.45.